The molecular formula is C51H98O6. The minimum atomic E-state index is -0.761. The molecule has 0 aliphatic carbocycles. The van der Waals surface area contributed by atoms with Gasteiger partial charge in [0.15, 0.2) is 6.10 Å². The van der Waals surface area contributed by atoms with Crippen LogP contribution >= 0.6 is 0 Å². The molecule has 1 unspecified atom stereocenters. The van der Waals surface area contributed by atoms with Crippen molar-refractivity contribution in [2.75, 3.05) is 13.2 Å². The van der Waals surface area contributed by atoms with Gasteiger partial charge < -0.3 is 14.2 Å². The summed E-state index contributed by atoms with van der Waals surface area (Å²) >= 11 is 0. The maximum absolute atomic E-state index is 12.8. The fourth-order valence-electron chi connectivity index (χ4n) is 7.60. The smallest absolute Gasteiger partial charge is 0.306 e. The van der Waals surface area contributed by atoms with Crippen LogP contribution in [0.2, 0.25) is 0 Å². The third-order valence-corrected chi connectivity index (χ3v) is 11.8. The van der Waals surface area contributed by atoms with Gasteiger partial charge in [-0.2, -0.15) is 0 Å². The second-order valence-corrected chi connectivity index (χ2v) is 18.2. The Bertz CT molecular complexity index is 872. The molecule has 57 heavy (non-hydrogen) atoms. The second kappa shape index (κ2) is 44.0. The van der Waals surface area contributed by atoms with Gasteiger partial charge in [0.2, 0.25) is 0 Å². The molecule has 0 bridgehead atoms. The van der Waals surface area contributed by atoms with Crippen molar-refractivity contribution < 1.29 is 28.6 Å². The number of unbranched alkanes of at least 4 members (excludes halogenated alkanes) is 29. The summed E-state index contributed by atoms with van der Waals surface area (Å²) in [5.41, 5.74) is 0. The Kier molecular flexibility index (Phi) is 42.7. The summed E-state index contributed by atoms with van der Waals surface area (Å²) in [6.07, 6.45) is 43.6. The molecule has 0 radical (unpaired) electrons. The first-order valence-corrected chi connectivity index (χ1v) is 25.3. The average Bonchev–Trinajstić information content (AvgIpc) is 3.19. The van der Waals surface area contributed by atoms with Crippen molar-refractivity contribution in [1.29, 1.82) is 0 Å². The van der Waals surface area contributed by atoms with Gasteiger partial charge in [0.1, 0.15) is 13.2 Å². The molecule has 6 heteroatoms. The van der Waals surface area contributed by atoms with Gasteiger partial charge in [0.05, 0.1) is 0 Å². The summed E-state index contributed by atoms with van der Waals surface area (Å²) in [4.78, 5) is 37.9. The highest BCUT2D eigenvalue weighted by atomic mass is 16.6. The number of carbonyl (C=O) groups excluding carboxylic acids is 3. The minimum Gasteiger partial charge on any atom is -0.462 e. The lowest BCUT2D eigenvalue weighted by atomic mass is 9.99. The molecule has 0 aliphatic rings. The van der Waals surface area contributed by atoms with Crippen LogP contribution in [0.3, 0.4) is 0 Å². The predicted octanol–water partition coefficient (Wildman–Crippen LogP) is 16.1. The Morgan fingerprint density at radius 1 is 0.368 bits per heavy atom. The Balaban J connectivity index is 4.31. The molecular weight excluding hydrogens is 709 g/mol. The van der Waals surface area contributed by atoms with Crippen LogP contribution in [-0.4, -0.2) is 37.2 Å². The lowest BCUT2D eigenvalue weighted by Crippen LogP contribution is -2.30. The van der Waals surface area contributed by atoms with Crippen molar-refractivity contribution in [1.82, 2.24) is 0 Å². The molecule has 0 saturated carbocycles. The van der Waals surface area contributed by atoms with Crippen molar-refractivity contribution in [2.45, 2.75) is 285 Å². The topological polar surface area (TPSA) is 78.9 Å². The van der Waals surface area contributed by atoms with Gasteiger partial charge in [-0.3, -0.25) is 14.4 Å². The van der Waals surface area contributed by atoms with E-state index in [4.69, 9.17) is 14.2 Å². The molecule has 0 N–H and O–H groups in total. The van der Waals surface area contributed by atoms with Crippen LogP contribution in [0.25, 0.3) is 0 Å². The highest BCUT2D eigenvalue weighted by Crippen LogP contribution is 2.18. The number of rotatable bonds is 45. The molecule has 0 amide bonds. The van der Waals surface area contributed by atoms with Gasteiger partial charge in [-0.1, -0.05) is 240 Å². The fraction of sp³-hybridized carbons (Fsp3) is 0.941. The molecule has 0 heterocycles. The van der Waals surface area contributed by atoms with Crippen molar-refractivity contribution >= 4 is 17.9 Å². The zero-order valence-electron chi connectivity index (χ0n) is 39.0. The molecule has 0 fully saturated rings. The molecule has 0 rings (SSSR count). The molecule has 2 atom stereocenters. The number of carbonyl (C=O) groups is 3. The largest absolute Gasteiger partial charge is 0.462 e. The molecule has 0 aliphatic heterocycles. The van der Waals surface area contributed by atoms with E-state index in [2.05, 4.69) is 34.6 Å². The van der Waals surface area contributed by atoms with E-state index >= 15 is 0 Å². The van der Waals surface area contributed by atoms with Gasteiger partial charge in [-0.05, 0) is 31.1 Å². The summed E-state index contributed by atoms with van der Waals surface area (Å²) < 4.78 is 16.8. The molecule has 0 spiro atoms. The number of esters is 3. The quantitative estimate of drug-likeness (QED) is 0.0346. The van der Waals surface area contributed by atoms with Gasteiger partial charge in [-0.25, -0.2) is 0 Å². The lowest BCUT2D eigenvalue weighted by molar-refractivity contribution is -0.167. The van der Waals surface area contributed by atoms with E-state index in [0.29, 0.717) is 19.3 Å². The molecule has 0 aromatic carbocycles. The van der Waals surface area contributed by atoms with Crippen molar-refractivity contribution in [2.24, 2.45) is 11.8 Å². The minimum absolute atomic E-state index is 0.0641. The number of hydrogen-bond donors (Lipinski definition) is 0. The first kappa shape index (κ1) is 55.4. The lowest BCUT2D eigenvalue weighted by Gasteiger charge is -2.18. The molecule has 0 aromatic rings. The zero-order valence-corrected chi connectivity index (χ0v) is 39.0. The normalized spacial score (nSPS) is 12.5. The van der Waals surface area contributed by atoms with E-state index in [1.165, 1.54) is 167 Å². The van der Waals surface area contributed by atoms with Crippen LogP contribution < -0.4 is 0 Å². The van der Waals surface area contributed by atoms with E-state index in [1.807, 2.05) is 0 Å². The molecule has 0 saturated heterocycles. The van der Waals surface area contributed by atoms with Crippen LogP contribution in [0, 0.1) is 11.8 Å². The van der Waals surface area contributed by atoms with Crippen molar-refractivity contribution in [3.05, 3.63) is 0 Å². The monoisotopic (exact) mass is 807 g/mol. The summed E-state index contributed by atoms with van der Waals surface area (Å²) in [7, 11) is 0. The van der Waals surface area contributed by atoms with Crippen molar-refractivity contribution in [3.63, 3.8) is 0 Å². The summed E-state index contributed by atoms with van der Waals surface area (Å²) in [6.45, 7) is 11.4. The fourth-order valence-corrected chi connectivity index (χ4v) is 7.60. The van der Waals surface area contributed by atoms with Crippen LogP contribution in [-0.2, 0) is 28.6 Å². The van der Waals surface area contributed by atoms with Gasteiger partial charge in [-0.15, -0.1) is 0 Å². The second-order valence-electron chi connectivity index (χ2n) is 18.2. The van der Waals surface area contributed by atoms with Crippen LogP contribution in [0.5, 0.6) is 0 Å². The Morgan fingerprint density at radius 3 is 1.00 bits per heavy atom. The van der Waals surface area contributed by atoms with E-state index in [0.717, 1.165) is 69.6 Å². The Morgan fingerprint density at radius 2 is 0.667 bits per heavy atom. The highest BCUT2D eigenvalue weighted by molar-refractivity contribution is 5.71. The van der Waals surface area contributed by atoms with Crippen molar-refractivity contribution in [3.8, 4) is 0 Å². The SMILES string of the molecule is CCCCCCCCCCCCC(=O)OC[C@@H](COC(=O)CCCCCCCCCCCCC(C)CC)OC(=O)CCCCCCCCCCCCCCC(C)C. The number of hydrogen-bond acceptors (Lipinski definition) is 6. The van der Waals surface area contributed by atoms with Gasteiger partial charge in [0, 0.05) is 19.3 Å². The third-order valence-electron chi connectivity index (χ3n) is 11.8. The molecule has 0 aromatic heterocycles. The molecule has 338 valence electrons. The van der Waals surface area contributed by atoms with Gasteiger partial charge >= 0.3 is 17.9 Å². The van der Waals surface area contributed by atoms with Gasteiger partial charge in [0.25, 0.3) is 0 Å². The standard InChI is InChI=1S/C51H98O6/c1-6-8-9-10-11-12-21-26-31-36-41-49(52)55-44-48(45-56-50(53)42-37-32-27-22-18-17-20-25-30-35-40-47(5)7-2)57-51(54)43-38-33-28-23-16-14-13-15-19-24-29-34-39-46(3)4/h46-48H,6-45H2,1-5H3/t47?,48-/m0/s1. The predicted molar refractivity (Wildman–Crippen MR) is 243 cm³/mol. The Labute approximate surface area is 355 Å². The average molecular weight is 807 g/mol. The summed E-state index contributed by atoms with van der Waals surface area (Å²) in [6, 6.07) is 0. The zero-order chi connectivity index (χ0) is 41.9. The summed E-state index contributed by atoms with van der Waals surface area (Å²) in [5.74, 6) is 0.851. The molecule has 6 nitrogen and oxygen atoms in total. The van der Waals surface area contributed by atoms with Crippen LogP contribution in [0.4, 0.5) is 0 Å². The van der Waals surface area contributed by atoms with Crippen LogP contribution in [0.1, 0.15) is 279 Å². The maximum Gasteiger partial charge on any atom is 0.306 e. The highest BCUT2D eigenvalue weighted by Gasteiger charge is 2.19. The third kappa shape index (κ3) is 43.8. The number of ether oxygens (including phenoxy) is 3. The van der Waals surface area contributed by atoms with E-state index in [1.54, 1.807) is 0 Å². The van der Waals surface area contributed by atoms with Crippen LogP contribution in [0.15, 0.2) is 0 Å². The summed E-state index contributed by atoms with van der Waals surface area (Å²) in [5, 5.41) is 0. The first-order valence-electron chi connectivity index (χ1n) is 25.3. The first-order chi connectivity index (χ1) is 27.8. The van der Waals surface area contributed by atoms with E-state index in [-0.39, 0.29) is 31.1 Å². The van der Waals surface area contributed by atoms with E-state index < -0.39 is 6.10 Å². The Hall–Kier alpha value is -1.59. The maximum atomic E-state index is 12.8. The van der Waals surface area contributed by atoms with E-state index in [9.17, 15) is 14.4 Å².